The molecule has 0 heterocycles. The van der Waals surface area contributed by atoms with E-state index < -0.39 is 11.5 Å². The van der Waals surface area contributed by atoms with Crippen LogP contribution in [0.25, 0.3) is 0 Å². The van der Waals surface area contributed by atoms with Gasteiger partial charge in [0.1, 0.15) is 0 Å². The van der Waals surface area contributed by atoms with E-state index in [0.29, 0.717) is 5.92 Å². The topological polar surface area (TPSA) is 63.3 Å². The van der Waals surface area contributed by atoms with Crippen molar-refractivity contribution >= 4 is 5.97 Å². The third-order valence-electron chi connectivity index (χ3n) is 4.25. The Morgan fingerprint density at radius 3 is 2.13 bits per heavy atom. The van der Waals surface area contributed by atoms with Crippen molar-refractivity contribution in [1.29, 1.82) is 0 Å². The molecule has 0 aromatic rings. The molecule has 3 N–H and O–H groups in total. The van der Waals surface area contributed by atoms with Crippen LogP contribution in [0, 0.1) is 11.3 Å². The van der Waals surface area contributed by atoms with Crippen molar-refractivity contribution in [3.63, 3.8) is 0 Å². The van der Waals surface area contributed by atoms with Gasteiger partial charge < -0.3 is 10.8 Å². The predicted octanol–water partition coefficient (Wildman–Crippen LogP) is 2.39. The van der Waals surface area contributed by atoms with Crippen molar-refractivity contribution in [2.45, 2.75) is 58.4 Å². The van der Waals surface area contributed by atoms with Crippen molar-refractivity contribution in [1.82, 2.24) is 0 Å². The molecule has 88 valence electrons. The van der Waals surface area contributed by atoms with Gasteiger partial charge in [-0.25, -0.2) is 0 Å². The number of carboxylic acid groups (broad SMARTS) is 1. The van der Waals surface area contributed by atoms with Gasteiger partial charge in [0.2, 0.25) is 0 Å². The Kier molecular flexibility index (Phi) is 3.44. The summed E-state index contributed by atoms with van der Waals surface area (Å²) in [6.45, 7) is 5.94. The molecule has 1 aliphatic rings. The van der Waals surface area contributed by atoms with Crippen LogP contribution in [-0.4, -0.2) is 16.6 Å². The first-order chi connectivity index (χ1) is 6.77. The maximum absolute atomic E-state index is 11.0. The first-order valence-corrected chi connectivity index (χ1v) is 5.78. The Balaban J connectivity index is 2.89. The molecule has 3 heteroatoms. The third-order valence-corrected chi connectivity index (χ3v) is 4.25. The van der Waals surface area contributed by atoms with E-state index in [9.17, 15) is 4.79 Å². The first kappa shape index (κ1) is 12.5. The van der Waals surface area contributed by atoms with E-state index in [-0.39, 0.29) is 11.8 Å². The van der Waals surface area contributed by atoms with Crippen molar-refractivity contribution in [3.8, 4) is 0 Å². The van der Waals surface area contributed by atoms with Crippen molar-refractivity contribution in [3.05, 3.63) is 0 Å². The number of carboxylic acids is 1. The van der Waals surface area contributed by atoms with Crippen LogP contribution in [-0.2, 0) is 4.79 Å². The fourth-order valence-corrected chi connectivity index (χ4v) is 2.78. The van der Waals surface area contributed by atoms with Crippen LogP contribution in [0.4, 0.5) is 0 Å². The Morgan fingerprint density at radius 2 is 1.80 bits per heavy atom. The van der Waals surface area contributed by atoms with Gasteiger partial charge in [-0.3, -0.25) is 4.79 Å². The molecule has 0 bridgehead atoms. The van der Waals surface area contributed by atoms with Crippen LogP contribution in [0.15, 0.2) is 0 Å². The lowest BCUT2D eigenvalue weighted by atomic mass is 9.62. The van der Waals surface area contributed by atoms with Gasteiger partial charge in [-0.2, -0.15) is 0 Å². The summed E-state index contributed by atoms with van der Waals surface area (Å²) in [4.78, 5) is 11.0. The molecule has 1 unspecified atom stereocenters. The molecule has 1 saturated carbocycles. The average molecular weight is 213 g/mol. The first-order valence-electron chi connectivity index (χ1n) is 5.78. The minimum absolute atomic E-state index is 0.182. The molecule has 15 heavy (non-hydrogen) atoms. The molecule has 0 amide bonds. The number of nitrogens with two attached hydrogens (primary N) is 1. The highest BCUT2D eigenvalue weighted by Gasteiger charge is 2.46. The highest BCUT2D eigenvalue weighted by molar-refractivity contribution is 5.68. The summed E-state index contributed by atoms with van der Waals surface area (Å²) < 4.78 is 0. The minimum atomic E-state index is -0.733. The average Bonchev–Trinajstić information content (AvgIpc) is 2.51. The molecule has 1 rings (SSSR count). The molecule has 0 spiro atoms. The van der Waals surface area contributed by atoms with Gasteiger partial charge in [0.15, 0.2) is 0 Å². The maximum Gasteiger partial charge on any atom is 0.303 e. The number of rotatable bonds is 4. The summed E-state index contributed by atoms with van der Waals surface area (Å²) >= 11 is 0. The number of hydrogen-bond acceptors (Lipinski definition) is 2. The van der Waals surface area contributed by atoms with Gasteiger partial charge in [-0.1, -0.05) is 19.8 Å². The molecule has 0 radical (unpaired) electrons. The number of carbonyl (C=O) groups is 1. The summed E-state index contributed by atoms with van der Waals surface area (Å²) in [6, 6.07) is 0. The summed E-state index contributed by atoms with van der Waals surface area (Å²) in [6.07, 6.45) is 4.88. The highest BCUT2D eigenvalue weighted by Crippen LogP contribution is 2.47. The fraction of sp³-hybridized carbons (Fsp3) is 0.917. The Bertz CT molecular complexity index is 238. The highest BCUT2D eigenvalue weighted by atomic mass is 16.4. The van der Waals surface area contributed by atoms with Gasteiger partial charge in [0.05, 0.1) is 6.42 Å². The summed E-state index contributed by atoms with van der Waals surface area (Å²) in [5, 5.41) is 9.02. The van der Waals surface area contributed by atoms with Crippen LogP contribution in [0.5, 0.6) is 0 Å². The number of hydrogen-bond donors (Lipinski definition) is 2. The molecule has 1 atom stereocenters. The second-order valence-electron chi connectivity index (χ2n) is 5.69. The van der Waals surface area contributed by atoms with E-state index in [1.54, 1.807) is 0 Å². The normalized spacial score (nSPS) is 22.7. The van der Waals surface area contributed by atoms with E-state index in [0.717, 1.165) is 12.8 Å². The van der Waals surface area contributed by atoms with Gasteiger partial charge >= 0.3 is 5.97 Å². The zero-order chi connectivity index (χ0) is 11.7. The lowest BCUT2D eigenvalue weighted by Crippen LogP contribution is -2.53. The Hall–Kier alpha value is -0.570. The van der Waals surface area contributed by atoms with Gasteiger partial charge in [-0.15, -0.1) is 0 Å². The lowest BCUT2D eigenvalue weighted by molar-refractivity contribution is -0.142. The summed E-state index contributed by atoms with van der Waals surface area (Å²) in [7, 11) is 0. The van der Waals surface area contributed by atoms with Gasteiger partial charge in [-0.05, 0) is 38.0 Å². The van der Waals surface area contributed by atoms with E-state index in [1.165, 1.54) is 12.8 Å². The fourth-order valence-electron chi connectivity index (χ4n) is 2.78. The SMILES string of the molecule is CC(C)(N)C(C)(CC(=O)O)C1CCCC1. The molecule has 3 nitrogen and oxygen atoms in total. The molecular weight excluding hydrogens is 190 g/mol. The van der Waals surface area contributed by atoms with E-state index >= 15 is 0 Å². The van der Waals surface area contributed by atoms with Crippen molar-refractivity contribution < 1.29 is 9.90 Å². The Labute approximate surface area is 92.0 Å². The zero-order valence-electron chi connectivity index (χ0n) is 10.0. The second kappa shape index (κ2) is 4.12. The molecular formula is C12H23NO2. The standard InChI is InChI=1S/C12H23NO2/c1-11(2,13)12(3,8-10(14)15)9-6-4-5-7-9/h9H,4-8,13H2,1-3H3,(H,14,15). The second-order valence-corrected chi connectivity index (χ2v) is 5.69. The van der Waals surface area contributed by atoms with Crippen molar-refractivity contribution in [2.24, 2.45) is 17.1 Å². The molecule has 1 aliphatic carbocycles. The van der Waals surface area contributed by atoms with E-state index in [1.807, 2.05) is 20.8 Å². The van der Waals surface area contributed by atoms with Crippen molar-refractivity contribution in [2.75, 3.05) is 0 Å². The quantitative estimate of drug-likeness (QED) is 0.753. The zero-order valence-corrected chi connectivity index (χ0v) is 10.0. The smallest absolute Gasteiger partial charge is 0.303 e. The Morgan fingerprint density at radius 1 is 1.33 bits per heavy atom. The number of aliphatic carboxylic acids is 1. The van der Waals surface area contributed by atoms with Crippen LogP contribution in [0.1, 0.15) is 52.9 Å². The summed E-state index contributed by atoms with van der Waals surface area (Å²) in [5.41, 5.74) is 5.47. The molecule has 0 saturated heterocycles. The lowest BCUT2D eigenvalue weighted by Gasteiger charge is -2.45. The van der Waals surface area contributed by atoms with E-state index in [2.05, 4.69) is 0 Å². The summed E-state index contributed by atoms with van der Waals surface area (Å²) in [5.74, 6) is -0.267. The predicted molar refractivity (Wildman–Crippen MR) is 60.6 cm³/mol. The van der Waals surface area contributed by atoms with Crippen LogP contribution in [0.3, 0.4) is 0 Å². The molecule has 0 aromatic carbocycles. The van der Waals surface area contributed by atoms with Crippen LogP contribution in [0.2, 0.25) is 0 Å². The van der Waals surface area contributed by atoms with Gasteiger partial charge in [0, 0.05) is 5.54 Å². The monoisotopic (exact) mass is 213 g/mol. The van der Waals surface area contributed by atoms with E-state index in [4.69, 9.17) is 10.8 Å². The molecule has 1 fully saturated rings. The van der Waals surface area contributed by atoms with Gasteiger partial charge in [0.25, 0.3) is 0 Å². The van der Waals surface area contributed by atoms with Crippen LogP contribution < -0.4 is 5.73 Å². The molecule has 0 aromatic heterocycles. The third kappa shape index (κ3) is 2.51. The minimum Gasteiger partial charge on any atom is -0.481 e. The largest absolute Gasteiger partial charge is 0.481 e. The van der Waals surface area contributed by atoms with Crippen LogP contribution >= 0.6 is 0 Å². The maximum atomic E-state index is 11.0. The molecule has 0 aliphatic heterocycles.